The fraction of sp³-hybridized carbons (Fsp3) is 0.522. The van der Waals surface area contributed by atoms with Crippen molar-refractivity contribution in [3.8, 4) is 0 Å². The first kappa shape index (κ1) is 19.3. The van der Waals surface area contributed by atoms with Gasteiger partial charge in [0.25, 0.3) is 5.56 Å². The first-order chi connectivity index (χ1) is 14.6. The Labute approximate surface area is 176 Å². The van der Waals surface area contributed by atoms with Gasteiger partial charge in [0.2, 0.25) is 0 Å². The molecule has 1 saturated heterocycles. The Morgan fingerprint density at radius 3 is 2.57 bits per heavy atom. The first-order valence-electron chi connectivity index (χ1n) is 11.0. The number of benzene rings is 1. The molecule has 2 aliphatic rings. The molecule has 0 radical (unpaired) electrons. The number of aryl methyl sites for hydroxylation is 2. The van der Waals surface area contributed by atoms with E-state index >= 15 is 0 Å². The number of hydrogen-bond acceptors (Lipinski definition) is 6. The van der Waals surface area contributed by atoms with Crippen LogP contribution in [-0.4, -0.2) is 45.8 Å². The van der Waals surface area contributed by atoms with Crippen LogP contribution in [0, 0.1) is 13.8 Å². The third-order valence-corrected chi connectivity index (χ3v) is 6.79. The maximum atomic E-state index is 12.9. The molecular weight excluding hydrogens is 378 g/mol. The lowest BCUT2D eigenvalue weighted by molar-refractivity contribution is 0.248. The summed E-state index contributed by atoms with van der Waals surface area (Å²) in [5.74, 6) is 0.916. The van der Waals surface area contributed by atoms with Gasteiger partial charge < -0.3 is 9.42 Å². The molecule has 30 heavy (non-hydrogen) atoms. The Balaban J connectivity index is 1.30. The summed E-state index contributed by atoms with van der Waals surface area (Å²) in [6.07, 6.45) is 6.34. The van der Waals surface area contributed by atoms with Crippen molar-refractivity contribution in [2.75, 3.05) is 31.1 Å². The van der Waals surface area contributed by atoms with Crippen LogP contribution < -0.4 is 10.5 Å². The molecule has 1 aliphatic carbocycles. The maximum Gasteiger partial charge on any atom is 0.261 e. The predicted octanol–water partition coefficient (Wildman–Crippen LogP) is 3.44. The van der Waals surface area contributed by atoms with E-state index in [-0.39, 0.29) is 5.56 Å². The third-order valence-electron chi connectivity index (χ3n) is 6.79. The second-order valence-corrected chi connectivity index (χ2v) is 8.66. The zero-order valence-corrected chi connectivity index (χ0v) is 17.8. The minimum Gasteiger partial charge on any atom is -0.369 e. The lowest BCUT2D eigenvalue weighted by atomic mass is 10.1. The minimum absolute atomic E-state index is 0.0998. The van der Waals surface area contributed by atoms with Gasteiger partial charge in [-0.05, 0) is 44.9 Å². The van der Waals surface area contributed by atoms with E-state index in [0.717, 1.165) is 73.6 Å². The van der Waals surface area contributed by atoms with Crippen molar-refractivity contribution < 1.29 is 4.52 Å². The average Bonchev–Trinajstić information content (AvgIpc) is 3.40. The average molecular weight is 408 g/mol. The number of nitrogens with zero attached hydrogens (tertiary/aromatic N) is 5. The molecular formula is C23H29N5O2. The standard InChI is InChI=1S/C23H29N5O2/c1-16-21(17(2)30-25-16)14-26-9-11-27(12-10-26)19-7-8-20-22(13-19)24-15-28(23(20)29)18-5-3-4-6-18/h7-8,13,15,18H,3-6,9-12,14H2,1-2H3. The zero-order valence-electron chi connectivity index (χ0n) is 17.8. The highest BCUT2D eigenvalue weighted by molar-refractivity contribution is 5.81. The monoisotopic (exact) mass is 407 g/mol. The quantitative estimate of drug-likeness (QED) is 0.660. The maximum absolute atomic E-state index is 12.9. The number of fused-ring (bicyclic) bond motifs is 1. The van der Waals surface area contributed by atoms with Crippen LogP contribution in [-0.2, 0) is 6.54 Å². The highest BCUT2D eigenvalue weighted by Gasteiger charge is 2.22. The number of aromatic nitrogens is 3. The second-order valence-electron chi connectivity index (χ2n) is 8.66. The molecule has 1 aliphatic heterocycles. The van der Waals surface area contributed by atoms with E-state index in [0.29, 0.717) is 6.04 Å². The SMILES string of the molecule is Cc1noc(C)c1CN1CCN(c2ccc3c(=O)n(C4CCCC4)cnc3c2)CC1. The van der Waals surface area contributed by atoms with E-state index in [1.165, 1.54) is 18.4 Å². The molecule has 0 bridgehead atoms. The largest absolute Gasteiger partial charge is 0.369 e. The van der Waals surface area contributed by atoms with Gasteiger partial charge in [-0.1, -0.05) is 18.0 Å². The van der Waals surface area contributed by atoms with Crippen molar-refractivity contribution in [1.82, 2.24) is 19.6 Å². The van der Waals surface area contributed by atoms with Crippen molar-refractivity contribution in [3.63, 3.8) is 0 Å². The molecule has 0 spiro atoms. The molecule has 0 N–H and O–H groups in total. The molecule has 0 amide bonds. The van der Waals surface area contributed by atoms with E-state index in [4.69, 9.17) is 4.52 Å². The Bertz CT molecular complexity index is 1080. The highest BCUT2D eigenvalue weighted by Crippen LogP contribution is 2.29. The van der Waals surface area contributed by atoms with Gasteiger partial charge in [0.15, 0.2) is 0 Å². The van der Waals surface area contributed by atoms with Crippen molar-refractivity contribution in [3.05, 3.63) is 51.9 Å². The summed E-state index contributed by atoms with van der Waals surface area (Å²) in [5.41, 5.74) is 4.23. The Kier molecular flexibility index (Phi) is 5.06. The fourth-order valence-electron chi connectivity index (χ4n) is 4.88. The first-order valence-corrected chi connectivity index (χ1v) is 11.0. The molecule has 1 aromatic carbocycles. The normalized spacial score (nSPS) is 18.5. The molecule has 5 rings (SSSR count). The predicted molar refractivity (Wildman–Crippen MR) is 117 cm³/mol. The summed E-state index contributed by atoms with van der Waals surface area (Å²) in [7, 11) is 0. The number of piperazine rings is 1. The zero-order chi connectivity index (χ0) is 20.7. The van der Waals surface area contributed by atoms with Crippen molar-refractivity contribution >= 4 is 16.6 Å². The molecule has 7 heteroatoms. The molecule has 7 nitrogen and oxygen atoms in total. The molecule has 3 heterocycles. The van der Waals surface area contributed by atoms with Crippen LogP contribution in [0.25, 0.3) is 10.9 Å². The Morgan fingerprint density at radius 2 is 1.87 bits per heavy atom. The van der Waals surface area contributed by atoms with Crippen LogP contribution in [0.3, 0.4) is 0 Å². The van der Waals surface area contributed by atoms with Gasteiger partial charge in [0.1, 0.15) is 5.76 Å². The van der Waals surface area contributed by atoms with E-state index in [2.05, 4.69) is 32.1 Å². The van der Waals surface area contributed by atoms with Crippen LogP contribution in [0.5, 0.6) is 0 Å². The van der Waals surface area contributed by atoms with Crippen LogP contribution in [0.1, 0.15) is 48.7 Å². The molecule has 1 saturated carbocycles. The highest BCUT2D eigenvalue weighted by atomic mass is 16.5. The van der Waals surface area contributed by atoms with Gasteiger partial charge in [-0.2, -0.15) is 0 Å². The van der Waals surface area contributed by atoms with E-state index in [1.807, 2.05) is 24.5 Å². The third kappa shape index (κ3) is 3.51. The smallest absolute Gasteiger partial charge is 0.261 e. The molecule has 0 unspecified atom stereocenters. The molecule has 158 valence electrons. The molecule has 2 aromatic heterocycles. The molecule has 2 fully saturated rings. The minimum atomic E-state index is 0.0998. The summed E-state index contributed by atoms with van der Waals surface area (Å²) in [6.45, 7) is 8.74. The molecule has 3 aromatic rings. The van der Waals surface area contributed by atoms with Gasteiger partial charge in [-0.25, -0.2) is 4.98 Å². The summed E-state index contributed by atoms with van der Waals surface area (Å²) in [6, 6.07) is 6.43. The van der Waals surface area contributed by atoms with Gasteiger partial charge in [-0.15, -0.1) is 0 Å². The van der Waals surface area contributed by atoms with Crippen molar-refractivity contribution in [1.29, 1.82) is 0 Å². The van der Waals surface area contributed by atoms with Gasteiger partial charge >= 0.3 is 0 Å². The Hall–Kier alpha value is -2.67. The lowest BCUT2D eigenvalue weighted by Gasteiger charge is -2.36. The number of anilines is 1. The lowest BCUT2D eigenvalue weighted by Crippen LogP contribution is -2.46. The summed E-state index contributed by atoms with van der Waals surface area (Å²) < 4.78 is 7.15. The van der Waals surface area contributed by atoms with Crippen LogP contribution >= 0.6 is 0 Å². The Morgan fingerprint density at radius 1 is 1.10 bits per heavy atom. The van der Waals surface area contributed by atoms with E-state index < -0.39 is 0 Å². The fourth-order valence-corrected chi connectivity index (χ4v) is 4.88. The van der Waals surface area contributed by atoms with Gasteiger partial charge in [-0.3, -0.25) is 14.3 Å². The van der Waals surface area contributed by atoms with Crippen molar-refractivity contribution in [2.24, 2.45) is 0 Å². The summed E-state index contributed by atoms with van der Waals surface area (Å²) >= 11 is 0. The summed E-state index contributed by atoms with van der Waals surface area (Å²) in [4.78, 5) is 22.4. The van der Waals surface area contributed by atoms with Crippen molar-refractivity contribution in [2.45, 2.75) is 52.1 Å². The number of hydrogen-bond donors (Lipinski definition) is 0. The van der Waals surface area contributed by atoms with E-state index in [1.54, 1.807) is 6.33 Å². The van der Waals surface area contributed by atoms with Gasteiger partial charge in [0, 0.05) is 50.0 Å². The van der Waals surface area contributed by atoms with Crippen LogP contribution in [0.15, 0.2) is 33.8 Å². The van der Waals surface area contributed by atoms with Crippen LogP contribution in [0.2, 0.25) is 0 Å². The van der Waals surface area contributed by atoms with Crippen LogP contribution in [0.4, 0.5) is 5.69 Å². The topological polar surface area (TPSA) is 67.4 Å². The summed E-state index contributed by atoms with van der Waals surface area (Å²) in [5, 5.41) is 4.79. The van der Waals surface area contributed by atoms with E-state index in [9.17, 15) is 4.79 Å². The van der Waals surface area contributed by atoms with Gasteiger partial charge in [0.05, 0.1) is 22.9 Å². The molecule has 0 atom stereocenters. The number of rotatable bonds is 4. The second kappa shape index (κ2) is 7.87.